The van der Waals surface area contributed by atoms with Gasteiger partial charge in [0.2, 0.25) is 5.91 Å². The van der Waals surface area contributed by atoms with Crippen molar-refractivity contribution >= 4 is 5.91 Å². The second kappa shape index (κ2) is 17.0. The average Bonchev–Trinajstić information content (AvgIpc) is 2.89. The van der Waals surface area contributed by atoms with Gasteiger partial charge in [-0.05, 0) is 13.3 Å². The molecule has 13 nitrogen and oxygen atoms in total. The summed E-state index contributed by atoms with van der Waals surface area (Å²) in [6.07, 6.45) is -6.25. The molecule has 0 unspecified atom stereocenters. The van der Waals surface area contributed by atoms with Gasteiger partial charge in [-0.15, -0.1) is 0 Å². The first-order chi connectivity index (χ1) is 18.1. The summed E-state index contributed by atoms with van der Waals surface area (Å²) in [5.41, 5.74) is 0. The Morgan fingerprint density at radius 3 is 2.24 bits per heavy atom. The molecule has 0 bridgehead atoms. The number of amides is 1. The van der Waals surface area contributed by atoms with Gasteiger partial charge in [-0.2, -0.15) is 0 Å². The van der Waals surface area contributed by atoms with Crippen LogP contribution in [0.5, 0.6) is 0 Å². The minimum atomic E-state index is -1.64. The Morgan fingerprint density at radius 1 is 0.921 bits per heavy atom. The number of ether oxygens (including phenoxy) is 5. The van der Waals surface area contributed by atoms with E-state index in [1.54, 1.807) is 0 Å². The molecule has 11 atom stereocenters. The molecule has 2 aliphatic rings. The highest BCUT2D eigenvalue weighted by molar-refractivity contribution is 5.73. The number of carbonyl (C=O) groups is 1. The number of aliphatic hydroxyl groups excluding tert-OH is 6. The summed E-state index contributed by atoms with van der Waals surface area (Å²) in [4.78, 5) is 12.2. The summed E-state index contributed by atoms with van der Waals surface area (Å²) in [5, 5.41) is 62.7. The monoisotopic (exact) mass is 553 g/mol. The van der Waals surface area contributed by atoms with Crippen LogP contribution < -0.4 is 5.32 Å². The molecule has 0 aromatic rings. The zero-order valence-corrected chi connectivity index (χ0v) is 22.6. The van der Waals surface area contributed by atoms with Crippen LogP contribution >= 0.6 is 0 Å². The second-order valence-corrected chi connectivity index (χ2v) is 10.0. The van der Waals surface area contributed by atoms with Gasteiger partial charge in [-0.25, -0.2) is 0 Å². The lowest BCUT2D eigenvalue weighted by Gasteiger charge is -2.48. The molecule has 2 heterocycles. The van der Waals surface area contributed by atoms with Crippen LogP contribution in [0.1, 0.15) is 59.3 Å². The van der Waals surface area contributed by atoms with Crippen LogP contribution in [0.3, 0.4) is 0 Å². The van der Waals surface area contributed by atoms with Crippen molar-refractivity contribution in [1.82, 2.24) is 5.32 Å². The number of nitrogens with one attached hydrogen (secondary N) is 1. The zero-order chi connectivity index (χ0) is 28.2. The molecule has 0 aliphatic carbocycles. The molecule has 0 radical (unpaired) electrons. The van der Waals surface area contributed by atoms with Gasteiger partial charge in [-0.3, -0.25) is 4.79 Å². The van der Waals surface area contributed by atoms with E-state index in [1.165, 1.54) is 20.3 Å². The van der Waals surface area contributed by atoms with Crippen molar-refractivity contribution in [2.75, 3.05) is 26.4 Å². The van der Waals surface area contributed by atoms with E-state index in [1.807, 2.05) is 0 Å². The van der Waals surface area contributed by atoms with Gasteiger partial charge in [0, 0.05) is 13.5 Å². The Morgan fingerprint density at radius 2 is 1.61 bits per heavy atom. The van der Waals surface area contributed by atoms with Crippen molar-refractivity contribution in [2.24, 2.45) is 0 Å². The van der Waals surface area contributed by atoms with Gasteiger partial charge in [0.15, 0.2) is 12.6 Å². The first-order valence-corrected chi connectivity index (χ1v) is 13.5. The first kappa shape index (κ1) is 33.2. The Kier molecular flexibility index (Phi) is 14.9. The standard InChI is InChI=1S/C25H47NO12/c1-4-5-6-7-8-9-10-34-24-18(26-15(3)29)23(22(17(12-28)37-24)35-13-16(30)11-27)38-25-21(33)20(32)19(31)14(2)36-25/h14,16-25,27-28,30-33H,4-13H2,1-3H3,(H,26,29)/t14-,16+,17+,18+,19+,20+,21-,22+,23+,24-,25-/m0/s1. The van der Waals surface area contributed by atoms with Crippen LogP contribution in [-0.2, 0) is 28.5 Å². The van der Waals surface area contributed by atoms with E-state index in [0.717, 1.165) is 32.1 Å². The minimum Gasteiger partial charge on any atom is -0.394 e. The molecule has 2 saturated heterocycles. The Hall–Kier alpha value is -0.970. The minimum absolute atomic E-state index is 0.316. The third-order valence-electron chi connectivity index (χ3n) is 6.77. The molecule has 2 aliphatic heterocycles. The van der Waals surface area contributed by atoms with Gasteiger partial charge in [0.05, 0.1) is 25.9 Å². The molecule has 7 N–H and O–H groups in total. The molecular weight excluding hydrogens is 506 g/mol. The van der Waals surface area contributed by atoms with E-state index in [9.17, 15) is 35.4 Å². The number of carbonyl (C=O) groups excluding carboxylic acids is 1. The molecule has 224 valence electrons. The summed E-state index contributed by atoms with van der Waals surface area (Å²) in [5.74, 6) is -0.439. The van der Waals surface area contributed by atoms with E-state index < -0.39 is 86.6 Å². The fourth-order valence-electron chi connectivity index (χ4n) is 4.58. The average molecular weight is 554 g/mol. The normalized spacial score (nSPS) is 36.7. The maximum absolute atomic E-state index is 12.2. The maximum Gasteiger partial charge on any atom is 0.217 e. The topological polar surface area (TPSA) is 197 Å². The molecule has 0 aromatic heterocycles. The van der Waals surface area contributed by atoms with Crippen molar-refractivity contribution < 1.29 is 59.1 Å². The van der Waals surface area contributed by atoms with Gasteiger partial charge in [-0.1, -0.05) is 39.0 Å². The summed E-state index contributed by atoms with van der Waals surface area (Å²) in [6.45, 7) is 3.80. The van der Waals surface area contributed by atoms with E-state index >= 15 is 0 Å². The van der Waals surface area contributed by atoms with Crippen LogP contribution in [-0.4, -0.2) is 130 Å². The number of rotatable bonds is 16. The number of aliphatic hydroxyl groups is 6. The van der Waals surface area contributed by atoms with E-state index in [2.05, 4.69) is 12.2 Å². The van der Waals surface area contributed by atoms with E-state index in [0.29, 0.717) is 6.61 Å². The number of hydrogen-bond donors (Lipinski definition) is 7. The molecular formula is C25H47NO12. The third kappa shape index (κ3) is 9.59. The van der Waals surface area contributed by atoms with E-state index in [-0.39, 0.29) is 6.61 Å². The fourth-order valence-corrected chi connectivity index (χ4v) is 4.58. The molecule has 2 rings (SSSR count). The van der Waals surface area contributed by atoms with Crippen molar-refractivity contribution in [2.45, 2.75) is 127 Å². The summed E-state index contributed by atoms with van der Waals surface area (Å²) in [6, 6.07) is -0.998. The van der Waals surface area contributed by atoms with Crippen LogP contribution in [0.25, 0.3) is 0 Å². The van der Waals surface area contributed by atoms with Gasteiger partial charge < -0.3 is 59.6 Å². The molecule has 2 fully saturated rings. The second-order valence-electron chi connectivity index (χ2n) is 10.0. The lowest BCUT2D eigenvalue weighted by Crippen LogP contribution is -2.68. The number of unbranched alkanes of at least 4 members (excludes halogenated alkanes) is 5. The van der Waals surface area contributed by atoms with Crippen molar-refractivity contribution in [1.29, 1.82) is 0 Å². The van der Waals surface area contributed by atoms with Crippen molar-refractivity contribution in [3.05, 3.63) is 0 Å². The molecule has 38 heavy (non-hydrogen) atoms. The van der Waals surface area contributed by atoms with Gasteiger partial charge >= 0.3 is 0 Å². The predicted molar refractivity (Wildman–Crippen MR) is 133 cm³/mol. The number of hydrogen-bond acceptors (Lipinski definition) is 12. The van der Waals surface area contributed by atoms with Crippen LogP contribution in [0.4, 0.5) is 0 Å². The molecule has 0 aromatic carbocycles. The quantitative estimate of drug-likeness (QED) is 0.110. The molecule has 0 spiro atoms. The Bertz CT molecular complexity index is 672. The smallest absolute Gasteiger partial charge is 0.217 e. The lowest BCUT2D eigenvalue weighted by atomic mass is 9.95. The first-order valence-electron chi connectivity index (χ1n) is 13.5. The van der Waals surface area contributed by atoms with Gasteiger partial charge in [0.25, 0.3) is 0 Å². The summed E-state index contributed by atoms with van der Waals surface area (Å²) in [7, 11) is 0. The van der Waals surface area contributed by atoms with Crippen LogP contribution in [0.2, 0.25) is 0 Å². The summed E-state index contributed by atoms with van der Waals surface area (Å²) >= 11 is 0. The molecule has 13 heteroatoms. The van der Waals surface area contributed by atoms with Crippen molar-refractivity contribution in [3.63, 3.8) is 0 Å². The predicted octanol–water partition coefficient (Wildman–Crippen LogP) is -1.46. The lowest BCUT2D eigenvalue weighted by molar-refractivity contribution is -0.345. The Balaban J connectivity index is 2.25. The van der Waals surface area contributed by atoms with Crippen LogP contribution in [0, 0.1) is 0 Å². The van der Waals surface area contributed by atoms with E-state index in [4.69, 9.17) is 23.7 Å². The maximum atomic E-state index is 12.2. The fraction of sp³-hybridized carbons (Fsp3) is 0.960. The Labute approximate surface area is 224 Å². The SMILES string of the molecule is CCCCCCCCO[C@H]1O[C@H](CO)[C@@H](OC[C@H](O)CO)[C@H](O[C@@H]2O[C@@H](C)[C@@H](O)[C@@H](O)[C@@H]2O)[C@H]1NC(C)=O. The third-order valence-corrected chi connectivity index (χ3v) is 6.77. The summed E-state index contributed by atoms with van der Waals surface area (Å²) < 4.78 is 29.3. The molecule has 1 amide bonds. The zero-order valence-electron chi connectivity index (χ0n) is 22.6. The highest BCUT2D eigenvalue weighted by Crippen LogP contribution is 2.31. The van der Waals surface area contributed by atoms with Gasteiger partial charge in [0.1, 0.15) is 48.8 Å². The van der Waals surface area contributed by atoms with Crippen LogP contribution in [0.15, 0.2) is 0 Å². The highest BCUT2D eigenvalue weighted by atomic mass is 16.7. The largest absolute Gasteiger partial charge is 0.394 e. The van der Waals surface area contributed by atoms with Crippen molar-refractivity contribution in [3.8, 4) is 0 Å². The molecule has 0 saturated carbocycles. The highest BCUT2D eigenvalue weighted by Gasteiger charge is 2.52.